The zero-order valence-electron chi connectivity index (χ0n) is 8.39. The van der Waals surface area contributed by atoms with Crippen molar-refractivity contribution < 1.29 is 10.3 Å². The highest BCUT2D eigenvalue weighted by Crippen LogP contribution is 2.36. The Hall–Kier alpha value is -0.580. The number of phenolic OH excluding ortho intramolecular Hbond substituents is 1. The number of nitrogens with one attached hydrogen (secondary N) is 1. The number of halogens is 1. The second-order valence-corrected chi connectivity index (χ2v) is 4.72. The molecule has 0 unspecified atom stereocenters. The number of hydroxylamine groups is 1. The zero-order valence-corrected chi connectivity index (χ0v) is 9.97. The number of phenols is 1. The summed E-state index contributed by atoms with van der Waals surface area (Å²) < 4.78 is 0.716. The normalized spacial score (nSPS) is 15.1. The number of hydrogen-bond donors (Lipinski definition) is 3. The van der Waals surface area contributed by atoms with Gasteiger partial charge < -0.3 is 10.3 Å². The van der Waals surface area contributed by atoms with Crippen molar-refractivity contribution in [3.8, 4) is 5.75 Å². The van der Waals surface area contributed by atoms with E-state index in [4.69, 9.17) is 5.21 Å². The standard InChI is InChI=1S/C11H14BrNO2/c12-10-5-7-3-1-2-4-8(7)9(6-13-15)11(10)14/h5,13-15H,1-4,6H2. The average Bonchev–Trinajstić information content (AvgIpc) is 2.25. The highest BCUT2D eigenvalue weighted by molar-refractivity contribution is 9.10. The van der Waals surface area contributed by atoms with Gasteiger partial charge in [-0.3, -0.25) is 0 Å². The molecule has 0 saturated carbocycles. The minimum atomic E-state index is 0.247. The van der Waals surface area contributed by atoms with E-state index >= 15 is 0 Å². The predicted octanol–water partition coefficient (Wildman–Crippen LogP) is 2.51. The topological polar surface area (TPSA) is 52.5 Å². The van der Waals surface area contributed by atoms with E-state index in [9.17, 15) is 5.11 Å². The molecule has 3 nitrogen and oxygen atoms in total. The van der Waals surface area contributed by atoms with Crippen LogP contribution in [0, 0.1) is 0 Å². The van der Waals surface area contributed by atoms with Crippen LogP contribution in [0.3, 0.4) is 0 Å². The van der Waals surface area contributed by atoms with E-state index in [-0.39, 0.29) is 5.75 Å². The maximum atomic E-state index is 9.89. The monoisotopic (exact) mass is 271 g/mol. The highest BCUT2D eigenvalue weighted by Gasteiger charge is 2.18. The molecule has 0 heterocycles. The maximum absolute atomic E-state index is 9.89. The van der Waals surface area contributed by atoms with Gasteiger partial charge in [-0.2, -0.15) is 0 Å². The molecule has 0 spiro atoms. The molecular weight excluding hydrogens is 258 g/mol. The summed E-state index contributed by atoms with van der Waals surface area (Å²) in [5, 5.41) is 18.6. The third kappa shape index (κ3) is 2.02. The summed E-state index contributed by atoms with van der Waals surface area (Å²) in [5.41, 5.74) is 5.43. The number of hydrogen-bond acceptors (Lipinski definition) is 3. The van der Waals surface area contributed by atoms with Crippen LogP contribution < -0.4 is 5.48 Å². The lowest BCUT2D eigenvalue weighted by molar-refractivity contribution is 0.159. The second-order valence-electron chi connectivity index (χ2n) is 3.87. The Balaban J connectivity index is 2.52. The quantitative estimate of drug-likeness (QED) is 0.725. The van der Waals surface area contributed by atoms with Gasteiger partial charge in [-0.05, 0) is 58.8 Å². The molecule has 1 aliphatic carbocycles. The molecule has 3 N–H and O–H groups in total. The largest absolute Gasteiger partial charge is 0.506 e. The molecule has 0 aromatic heterocycles. The lowest BCUT2D eigenvalue weighted by Crippen LogP contribution is -2.13. The van der Waals surface area contributed by atoms with Crippen molar-refractivity contribution in [3.05, 3.63) is 27.2 Å². The molecule has 0 aliphatic heterocycles. The Kier molecular flexibility index (Phi) is 3.29. The Morgan fingerprint density at radius 1 is 1.33 bits per heavy atom. The molecule has 0 bridgehead atoms. The number of fused-ring (bicyclic) bond motifs is 1. The summed E-state index contributed by atoms with van der Waals surface area (Å²) in [4.78, 5) is 0. The first-order valence-corrected chi connectivity index (χ1v) is 5.92. The summed E-state index contributed by atoms with van der Waals surface area (Å²) in [5.74, 6) is 0.247. The molecule has 82 valence electrons. The van der Waals surface area contributed by atoms with Gasteiger partial charge in [0.15, 0.2) is 0 Å². The van der Waals surface area contributed by atoms with Crippen LogP contribution in [-0.2, 0) is 19.4 Å². The molecule has 0 fully saturated rings. The summed E-state index contributed by atoms with van der Waals surface area (Å²) in [6.07, 6.45) is 4.42. The van der Waals surface area contributed by atoms with E-state index in [1.165, 1.54) is 17.5 Å². The van der Waals surface area contributed by atoms with Crippen molar-refractivity contribution in [3.63, 3.8) is 0 Å². The van der Waals surface area contributed by atoms with Gasteiger partial charge in [-0.15, -0.1) is 0 Å². The van der Waals surface area contributed by atoms with Gasteiger partial charge in [0.2, 0.25) is 0 Å². The first-order chi connectivity index (χ1) is 7.24. The zero-order chi connectivity index (χ0) is 10.8. The van der Waals surface area contributed by atoms with Crippen molar-refractivity contribution in [2.24, 2.45) is 0 Å². The van der Waals surface area contributed by atoms with Gasteiger partial charge in [-0.1, -0.05) is 0 Å². The van der Waals surface area contributed by atoms with Crippen LogP contribution in [0.25, 0.3) is 0 Å². The SMILES string of the molecule is ONCc1c(O)c(Br)cc2c1CCCC2. The Bertz CT molecular complexity index is 379. The van der Waals surface area contributed by atoms with E-state index in [0.717, 1.165) is 24.8 Å². The van der Waals surface area contributed by atoms with Gasteiger partial charge >= 0.3 is 0 Å². The van der Waals surface area contributed by atoms with Crippen LogP contribution in [0.2, 0.25) is 0 Å². The molecular formula is C11H14BrNO2. The lowest BCUT2D eigenvalue weighted by Gasteiger charge is -2.21. The fourth-order valence-electron chi connectivity index (χ4n) is 2.21. The van der Waals surface area contributed by atoms with E-state index in [2.05, 4.69) is 21.4 Å². The predicted molar refractivity (Wildman–Crippen MR) is 61.1 cm³/mol. The summed E-state index contributed by atoms with van der Waals surface area (Å²) in [6, 6.07) is 1.99. The van der Waals surface area contributed by atoms with Crippen LogP contribution in [0.15, 0.2) is 10.5 Å². The third-order valence-corrected chi connectivity index (χ3v) is 3.55. The summed E-state index contributed by atoms with van der Waals surface area (Å²) in [7, 11) is 0. The minimum absolute atomic E-state index is 0.247. The highest BCUT2D eigenvalue weighted by atomic mass is 79.9. The Labute approximate surface area is 97.2 Å². The fraction of sp³-hybridized carbons (Fsp3) is 0.455. The summed E-state index contributed by atoms with van der Waals surface area (Å²) in [6.45, 7) is 0.299. The summed E-state index contributed by atoms with van der Waals surface area (Å²) >= 11 is 3.34. The maximum Gasteiger partial charge on any atom is 0.134 e. The van der Waals surface area contributed by atoms with Gasteiger partial charge in [-0.25, -0.2) is 5.48 Å². The van der Waals surface area contributed by atoms with Gasteiger partial charge in [0.1, 0.15) is 5.75 Å². The molecule has 0 saturated heterocycles. The molecule has 1 aromatic rings. The number of rotatable bonds is 2. The second kappa shape index (κ2) is 4.51. The number of benzene rings is 1. The van der Waals surface area contributed by atoms with Crippen LogP contribution >= 0.6 is 15.9 Å². The lowest BCUT2D eigenvalue weighted by atomic mass is 9.88. The average molecular weight is 272 g/mol. The first kappa shape index (κ1) is 10.9. The van der Waals surface area contributed by atoms with Crippen LogP contribution in [0.4, 0.5) is 0 Å². The van der Waals surface area contributed by atoms with Gasteiger partial charge in [0.25, 0.3) is 0 Å². The van der Waals surface area contributed by atoms with Gasteiger partial charge in [0, 0.05) is 12.1 Å². The van der Waals surface area contributed by atoms with Crippen molar-refractivity contribution in [2.75, 3.05) is 0 Å². The molecule has 2 rings (SSSR count). The van der Waals surface area contributed by atoms with E-state index < -0.39 is 0 Å². The number of aryl methyl sites for hydroxylation is 1. The molecule has 0 radical (unpaired) electrons. The molecule has 1 aromatic carbocycles. The smallest absolute Gasteiger partial charge is 0.134 e. The molecule has 1 aliphatic rings. The third-order valence-electron chi connectivity index (χ3n) is 2.94. The Morgan fingerprint density at radius 2 is 2.07 bits per heavy atom. The van der Waals surface area contributed by atoms with Crippen molar-refractivity contribution in [2.45, 2.75) is 32.2 Å². The Morgan fingerprint density at radius 3 is 2.80 bits per heavy atom. The first-order valence-electron chi connectivity index (χ1n) is 5.13. The number of aromatic hydroxyl groups is 1. The van der Waals surface area contributed by atoms with E-state index in [0.29, 0.717) is 11.0 Å². The minimum Gasteiger partial charge on any atom is -0.506 e. The van der Waals surface area contributed by atoms with Crippen molar-refractivity contribution in [1.82, 2.24) is 5.48 Å². The van der Waals surface area contributed by atoms with Crippen molar-refractivity contribution >= 4 is 15.9 Å². The molecule has 15 heavy (non-hydrogen) atoms. The van der Waals surface area contributed by atoms with Crippen molar-refractivity contribution in [1.29, 1.82) is 0 Å². The van der Waals surface area contributed by atoms with E-state index in [1.807, 2.05) is 6.07 Å². The fourth-order valence-corrected chi connectivity index (χ4v) is 2.73. The van der Waals surface area contributed by atoms with E-state index in [1.54, 1.807) is 0 Å². The molecule has 0 atom stereocenters. The molecule has 4 heteroatoms. The molecule has 0 amide bonds. The van der Waals surface area contributed by atoms with Gasteiger partial charge in [0.05, 0.1) is 4.47 Å². The van der Waals surface area contributed by atoms with Crippen LogP contribution in [0.5, 0.6) is 5.75 Å². The van der Waals surface area contributed by atoms with Crippen LogP contribution in [0.1, 0.15) is 29.5 Å². The van der Waals surface area contributed by atoms with Crippen LogP contribution in [-0.4, -0.2) is 10.3 Å².